The van der Waals surface area contributed by atoms with Crippen LogP contribution in [-0.2, 0) is 4.74 Å². The van der Waals surface area contributed by atoms with Crippen LogP contribution in [0, 0.1) is 24.1 Å². The first-order chi connectivity index (χ1) is 14.6. The Morgan fingerprint density at radius 3 is 2.93 bits per heavy atom. The molecular formula is C21H23FN6OS. The molecule has 1 fully saturated rings. The number of pyridine rings is 1. The lowest BCUT2D eigenvalue weighted by molar-refractivity contribution is 0.0378. The van der Waals surface area contributed by atoms with Crippen molar-refractivity contribution in [1.82, 2.24) is 14.9 Å². The van der Waals surface area contributed by atoms with Gasteiger partial charge in [0.05, 0.1) is 24.5 Å². The molecular weight excluding hydrogens is 403 g/mol. The van der Waals surface area contributed by atoms with Crippen LogP contribution in [0.2, 0.25) is 0 Å². The first-order valence-corrected chi connectivity index (χ1v) is 10.7. The predicted molar refractivity (Wildman–Crippen MR) is 117 cm³/mol. The molecule has 0 amide bonds. The average molecular weight is 427 g/mol. The summed E-state index contributed by atoms with van der Waals surface area (Å²) in [6, 6.07) is 6.96. The zero-order valence-corrected chi connectivity index (χ0v) is 17.6. The fourth-order valence-corrected chi connectivity index (χ4v) is 4.30. The third kappa shape index (κ3) is 4.67. The van der Waals surface area contributed by atoms with Crippen LogP contribution in [0.5, 0.6) is 0 Å². The van der Waals surface area contributed by atoms with Crippen LogP contribution in [0.15, 0.2) is 24.4 Å². The van der Waals surface area contributed by atoms with Gasteiger partial charge in [0.2, 0.25) is 0 Å². The fraction of sp³-hybridized carbons (Fsp3) is 0.381. The van der Waals surface area contributed by atoms with Gasteiger partial charge >= 0.3 is 0 Å². The number of nitrogens with one attached hydrogen (secondary N) is 2. The van der Waals surface area contributed by atoms with Gasteiger partial charge in [-0.25, -0.2) is 14.4 Å². The first kappa shape index (κ1) is 20.5. The SMILES string of the molecule is Cc1cc(Nc2c(C#N)cnc3nc(NCCCN4CCOCC4)sc23)ccc1F. The Bertz CT molecular complexity index is 1070. The van der Waals surface area contributed by atoms with Crippen molar-refractivity contribution in [2.24, 2.45) is 0 Å². The first-order valence-electron chi connectivity index (χ1n) is 9.91. The summed E-state index contributed by atoms with van der Waals surface area (Å²) in [7, 11) is 0. The zero-order valence-electron chi connectivity index (χ0n) is 16.7. The Morgan fingerprint density at radius 1 is 1.33 bits per heavy atom. The molecule has 156 valence electrons. The second-order valence-electron chi connectivity index (χ2n) is 7.15. The smallest absolute Gasteiger partial charge is 0.185 e. The van der Waals surface area contributed by atoms with E-state index in [0.29, 0.717) is 28.1 Å². The molecule has 2 N–H and O–H groups in total. The number of morpholine rings is 1. The van der Waals surface area contributed by atoms with Crippen molar-refractivity contribution in [3.63, 3.8) is 0 Å². The lowest BCUT2D eigenvalue weighted by atomic mass is 10.2. The van der Waals surface area contributed by atoms with Gasteiger partial charge in [-0.1, -0.05) is 11.3 Å². The molecule has 3 heterocycles. The molecule has 0 saturated carbocycles. The van der Waals surface area contributed by atoms with Gasteiger partial charge in [0.25, 0.3) is 0 Å². The van der Waals surface area contributed by atoms with Gasteiger partial charge in [0.15, 0.2) is 10.8 Å². The topological polar surface area (TPSA) is 86.1 Å². The normalized spacial score (nSPS) is 14.6. The second kappa shape index (κ2) is 9.34. The third-order valence-corrected chi connectivity index (χ3v) is 6.02. The summed E-state index contributed by atoms with van der Waals surface area (Å²) in [5.74, 6) is -0.262. The molecule has 1 aliphatic heterocycles. The summed E-state index contributed by atoms with van der Waals surface area (Å²) < 4.78 is 19.8. The van der Waals surface area contributed by atoms with Crippen LogP contribution in [0.3, 0.4) is 0 Å². The summed E-state index contributed by atoms with van der Waals surface area (Å²) in [6.07, 6.45) is 2.52. The fourth-order valence-electron chi connectivity index (χ4n) is 3.35. The number of ether oxygens (including phenoxy) is 1. The second-order valence-corrected chi connectivity index (χ2v) is 8.15. The maximum absolute atomic E-state index is 13.6. The van der Waals surface area contributed by atoms with Gasteiger partial charge in [-0.3, -0.25) is 4.90 Å². The molecule has 30 heavy (non-hydrogen) atoms. The van der Waals surface area contributed by atoms with E-state index in [1.54, 1.807) is 19.1 Å². The summed E-state index contributed by atoms with van der Waals surface area (Å²) in [5, 5.41) is 16.9. The molecule has 0 unspecified atom stereocenters. The minimum atomic E-state index is -0.262. The van der Waals surface area contributed by atoms with Gasteiger partial charge < -0.3 is 15.4 Å². The third-order valence-electron chi connectivity index (χ3n) is 5.00. The van der Waals surface area contributed by atoms with Crippen LogP contribution in [-0.4, -0.2) is 54.3 Å². The molecule has 0 radical (unpaired) electrons. The molecule has 4 rings (SSSR count). The lowest BCUT2D eigenvalue weighted by Crippen LogP contribution is -2.37. The van der Waals surface area contributed by atoms with Crippen LogP contribution in [0.4, 0.5) is 20.9 Å². The highest BCUT2D eigenvalue weighted by Crippen LogP contribution is 2.35. The van der Waals surface area contributed by atoms with E-state index in [2.05, 4.69) is 31.6 Å². The number of rotatable bonds is 7. The molecule has 0 bridgehead atoms. The molecule has 9 heteroatoms. The van der Waals surface area contributed by atoms with E-state index < -0.39 is 0 Å². The predicted octanol–water partition coefficient (Wildman–Crippen LogP) is 3.89. The number of benzene rings is 1. The van der Waals surface area contributed by atoms with Crippen molar-refractivity contribution >= 4 is 38.2 Å². The minimum Gasteiger partial charge on any atom is -0.379 e. The van der Waals surface area contributed by atoms with E-state index >= 15 is 0 Å². The summed E-state index contributed by atoms with van der Waals surface area (Å²) >= 11 is 1.46. The number of thiazole rings is 1. The minimum absolute atomic E-state index is 0.262. The van der Waals surface area contributed by atoms with E-state index in [1.165, 1.54) is 23.6 Å². The van der Waals surface area contributed by atoms with E-state index in [4.69, 9.17) is 4.74 Å². The molecule has 0 aliphatic carbocycles. The largest absolute Gasteiger partial charge is 0.379 e. The standard InChI is InChI=1S/C21H23FN6OS/c1-14-11-16(3-4-17(14)22)26-18-15(12-23)13-25-20-19(18)30-21(27-20)24-5-2-6-28-7-9-29-10-8-28/h3-4,11,13H,2,5-10H2,1H3,(H2,24,25,26,27). The Labute approximate surface area is 178 Å². The molecule has 3 aromatic rings. The van der Waals surface area contributed by atoms with Crippen molar-refractivity contribution < 1.29 is 9.13 Å². The van der Waals surface area contributed by atoms with Crippen molar-refractivity contribution in [1.29, 1.82) is 5.26 Å². The maximum atomic E-state index is 13.6. The molecule has 2 aromatic heterocycles. The van der Waals surface area contributed by atoms with Crippen LogP contribution < -0.4 is 10.6 Å². The van der Waals surface area contributed by atoms with Crippen LogP contribution in [0.1, 0.15) is 17.5 Å². The zero-order chi connectivity index (χ0) is 20.9. The highest BCUT2D eigenvalue weighted by atomic mass is 32.1. The van der Waals surface area contributed by atoms with Crippen molar-refractivity contribution in [2.45, 2.75) is 13.3 Å². The van der Waals surface area contributed by atoms with Crippen molar-refractivity contribution in [3.05, 3.63) is 41.3 Å². The number of hydrogen-bond acceptors (Lipinski definition) is 8. The van der Waals surface area contributed by atoms with Gasteiger partial charge in [-0.2, -0.15) is 5.26 Å². The van der Waals surface area contributed by atoms with Crippen molar-refractivity contribution in [2.75, 3.05) is 50.0 Å². The number of halogens is 1. The maximum Gasteiger partial charge on any atom is 0.185 e. The summed E-state index contributed by atoms with van der Waals surface area (Å²) in [6.45, 7) is 7.12. The lowest BCUT2D eigenvalue weighted by Gasteiger charge is -2.26. The van der Waals surface area contributed by atoms with Gasteiger partial charge in [0, 0.05) is 31.5 Å². The average Bonchev–Trinajstić information content (AvgIpc) is 3.18. The number of hydrogen-bond donors (Lipinski definition) is 2. The summed E-state index contributed by atoms with van der Waals surface area (Å²) in [5.41, 5.74) is 2.90. The Hall–Kier alpha value is -2.80. The highest BCUT2D eigenvalue weighted by molar-refractivity contribution is 7.22. The van der Waals surface area contributed by atoms with Crippen LogP contribution in [0.25, 0.3) is 10.3 Å². The number of aryl methyl sites for hydroxylation is 1. The number of nitrogens with zero attached hydrogens (tertiary/aromatic N) is 4. The number of nitriles is 1. The van der Waals surface area contributed by atoms with Gasteiger partial charge in [-0.15, -0.1) is 0 Å². The van der Waals surface area contributed by atoms with E-state index in [0.717, 1.165) is 55.6 Å². The molecule has 1 saturated heterocycles. The Kier molecular flexibility index (Phi) is 6.38. The Morgan fingerprint density at radius 2 is 2.17 bits per heavy atom. The van der Waals surface area contributed by atoms with E-state index in [-0.39, 0.29) is 5.82 Å². The number of aromatic nitrogens is 2. The molecule has 1 aromatic carbocycles. The molecule has 0 atom stereocenters. The summed E-state index contributed by atoms with van der Waals surface area (Å²) in [4.78, 5) is 11.3. The number of anilines is 3. The highest BCUT2D eigenvalue weighted by Gasteiger charge is 2.15. The molecule has 0 spiro atoms. The van der Waals surface area contributed by atoms with Gasteiger partial charge in [0.1, 0.15) is 16.6 Å². The van der Waals surface area contributed by atoms with Gasteiger partial charge in [-0.05, 0) is 43.7 Å². The molecule has 1 aliphatic rings. The van der Waals surface area contributed by atoms with E-state index in [9.17, 15) is 9.65 Å². The van der Waals surface area contributed by atoms with E-state index in [1.807, 2.05) is 0 Å². The van der Waals surface area contributed by atoms with Crippen LogP contribution >= 0.6 is 11.3 Å². The Balaban J connectivity index is 1.48. The monoisotopic (exact) mass is 426 g/mol. The number of fused-ring (bicyclic) bond motifs is 1. The molecule has 7 nitrogen and oxygen atoms in total. The quantitative estimate of drug-likeness (QED) is 0.554. The van der Waals surface area contributed by atoms with Crippen molar-refractivity contribution in [3.8, 4) is 6.07 Å².